The summed E-state index contributed by atoms with van der Waals surface area (Å²) in [5.41, 5.74) is 11.0. The summed E-state index contributed by atoms with van der Waals surface area (Å²) in [6.07, 6.45) is 0. The molecule has 0 aliphatic carbocycles. The van der Waals surface area contributed by atoms with Gasteiger partial charge in [-0.2, -0.15) is 0 Å². The van der Waals surface area contributed by atoms with E-state index < -0.39 is 0 Å². The number of hydrogen-bond acceptors (Lipinski definition) is 2. The van der Waals surface area contributed by atoms with Crippen molar-refractivity contribution >= 4 is 8.80 Å². The summed E-state index contributed by atoms with van der Waals surface area (Å²) in [5, 5.41) is 0. The summed E-state index contributed by atoms with van der Waals surface area (Å²) in [6.45, 7) is 6.92. The SMILES string of the molecule is C[SiH](C)C.N=[N+]=N. The smallest absolute Gasteiger partial charge is 0.0724 e. The standard InChI is InChI=1S/C3H10Si.H2N3/c1-4(2)3;1-3-2/h4H,1-3H3;1-2H/q;+1. The van der Waals surface area contributed by atoms with Gasteiger partial charge in [0.2, 0.25) is 4.91 Å². The van der Waals surface area contributed by atoms with E-state index in [1.165, 1.54) is 0 Å². The maximum atomic E-state index is 5.50. The first kappa shape index (κ1) is 9.73. The summed E-state index contributed by atoms with van der Waals surface area (Å²) in [4.78, 5) is 2.00. The van der Waals surface area contributed by atoms with Crippen LogP contribution in [-0.2, 0) is 0 Å². The molecule has 7 heavy (non-hydrogen) atoms. The molecule has 3 nitrogen and oxygen atoms in total. The normalized spacial score (nSPS) is 6.29. The number of hydrogen-bond donors (Lipinski definition) is 2. The first-order valence-corrected chi connectivity index (χ1v) is 5.64. The topological polar surface area (TPSA) is 61.8 Å². The lowest BCUT2D eigenvalue weighted by Crippen LogP contribution is -1.84. The van der Waals surface area contributed by atoms with Crippen molar-refractivity contribution in [2.24, 2.45) is 0 Å². The minimum absolute atomic E-state index is 0.139. The molecule has 0 aromatic carbocycles. The van der Waals surface area contributed by atoms with Gasteiger partial charge in [-0.05, 0) is 0 Å². The van der Waals surface area contributed by atoms with Gasteiger partial charge in [-0.3, -0.25) is 0 Å². The first-order valence-electron chi connectivity index (χ1n) is 2.18. The Morgan fingerprint density at radius 1 is 1.14 bits per heavy atom. The van der Waals surface area contributed by atoms with Gasteiger partial charge in [0.05, 0.1) is 0 Å². The summed E-state index contributed by atoms with van der Waals surface area (Å²) in [5.74, 6) is 0. The molecule has 0 aliphatic heterocycles. The van der Waals surface area contributed by atoms with Gasteiger partial charge in [-0.25, -0.2) is 0 Å². The van der Waals surface area contributed by atoms with Crippen LogP contribution in [0.3, 0.4) is 0 Å². The molecule has 0 saturated heterocycles. The predicted octanol–water partition coefficient (Wildman–Crippen LogP) is 1.22. The Morgan fingerprint density at radius 3 is 1.14 bits per heavy atom. The summed E-state index contributed by atoms with van der Waals surface area (Å²) < 4.78 is 0. The van der Waals surface area contributed by atoms with Gasteiger partial charge in [0.25, 0.3) is 0 Å². The molecule has 0 radical (unpaired) electrons. The Kier molecular flexibility index (Phi) is 12.7. The Labute approximate surface area is 45.4 Å². The van der Waals surface area contributed by atoms with E-state index in [9.17, 15) is 0 Å². The van der Waals surface area contributed by atoms with Gasteiger partial charge in [-0.1, -0.05) is 19.6 Å². The highest BCUT2D eigenvalue weighted by molar-refractivity contribution is 6.54. The van der Waals surface area contributed by atoms with Crippen molar-refractivity contribution in [1.82, 2.24) is 4.91 Å². The van der Waals surface area contributed by atoms with Crippen LogP contribution in [-0.4, -0.2) is 8.80 Å². The fraction of sp³-hybridized carbons (Fsp3) is 1.00. The largest absolute Gasteiger partial charge is 0.211 e. The zero-order chi connectivity index (χ0) is 6.28. The van der Waals surface area contributed by atoms with Crippen LogP contribution >= 0.6 is 0 Å². The lowest BCUT2D eigenvalue weighted by atomic mass is 11.8. The van der Waals surface area contributed by atoms with Crippen molar-refractivity contribution in [3.63, 3.8) is 0 Å². The molecule has 0 amide bonds. The molecular weight excluding hydrogens is 106 g/mol. The van der Waals surface area contributed by atoms with Crippen LogP contribution in [0.2, 0.25) is 19.6 Å². The van der Waals surface area contributed by atoms with Gasteiger partial charge in [-0.15, -0.1) is 0 Å². The molecule has 0 fully saturated rings. The van der Waals surface area contributed by atoms with Crippen LogP contribution in [0.4, 0.5) is 0 Å². The molecule has 42 valence electrons. The van der Waals surface area contributed by atoms with Crippen molar-refractivity contribution in [2.75, 3.05) is 0 Å². The second-order valence-electron chi connectivity index (χ2n) is 1.84. The molecular formula is C3H12N3Si+. The van der Waals surface area contributed by atoms with Crippen LogP contribution in [0, 0.1) is 11.1 Å². The third kappa shape index (κ3) is 307. The summed E-state index contributed by atoms with van der Waals surface area (Å²) in [6, 6.07) is 0. The third-order valence-electron chi connectivity index (χ3n) is 0. The van der Waals surface area contributed by atoms with Crippen molar-refractivity contribution in [1.29, 1.82) is 11.1 Å². The van der Waals surface area contributed by atoms with Crippen molar-refractivity contribution in [3.8, 4) is 0 Å². The van der Waals surface area contributed by atoms with E-state index in [2.05, 4.69) is 19.6 Å². The third-order valence-corrected chi connectivity index (χ3v) is 0. The highest BCUT2D eigenvalue weighted by atomic mass is 28.3. The molecule has 0 aliphatic rings. The van der Waals surface area contributed by atoms with Crippen LogP contribution < -0.4 is 4.91 Å². The molecule has 0 unspecified atom stereocenters. The van der Waals surface area contributed by atoms with E-state index >= 15 is 0 Å². The zero-order valence-electron chi connectivity index (χ0n) is 5.02. The van der Waals surface area contributed by atoms with Crippen molar-refractivity contribution in [3.05, 3.63) is 0 Å². The Morgan fingerprint density at radius 2 is 1.14 bits per heavy atom. The van der Waals surface area contributed by atoms with E-state index in [0.717, 1.165) is 0 Å². The van der Waals surface area contributed by atoms with Crippen LogP contribution in [0.5, 0.6) is 0 Å². The molecule has 2 N–H and O–H groups in total. The van der Waals surface area contributed by atoms with Gasteiger partial charge in [0, 0.05) is 8.80 Å². The van der Waals surface area contributed by atoms with Crippen LogP contribution in [0.15, 0.2) is 0 Å². The average molecular weight is 118 g/mol. The van der Waals surface area contributed by atoms with Crippen molar-refractivity contribution in [2.45, 2.75) is 19.6 Å². The minimum Gasteiger partial charge on any atom is -0.0724 e. The van der Waals surface area contributed by atoms with E-state index in [0.29, 0.717) is 0 Å². The number of nitrogens with one attached hydrogen (secondary N) is 2. The Balaban J connectivity index is 0. The average Bonchev–Trinajstić information content (AvgIpc) is 1.33. The van der Waals surface area contributed by atoms with Gasteiger partial charge in [0.15, 0.2) is 0 Å². The van der Waals surface area contributed by atoms with E-state index in [4.69, 9.17) is 11.1 Å². The van der Waals surface area contributed by atoms with E-state index in [-0.39, 0.29) is 8.80 Å². The van der Waals surface area contributed by atoms with E-state index in [1.54, 1.807) is 0 Å². The van der Waals surface area contributed by atoms with Crippen molar-refractivity contribution < 1.29 is 0 Å². The maximum Gasteiger partial charge on any atom is 0.211 e. The fourth-order valence-electron chi connectivity index (χ4n) is 0. The van der Waals surface area contributed by atoms with Crippen LogP contribution in [0.1, 0.15) is 0 Å². The lowest BCUT2D eigenvalue weighted by molar-refractivity contribution is 0.928. The van der Waals surface area contributed by atoms with Crippen LogP contribution in [0.25, 0.3) is 0 Å². The lowest BCUT2D eigenvalue weighted by Gasteiger charge is -1.75. The molecule has 0 saturated carbocycles. The number of nitrogens with zero attached hydrogens (tertiary/aromatic N) is 1. The Bertz CT molecular complexity index is 52.4. The maximum absolute atomic E-state index is 5.50. The molecule has 0 heterocycles. The minimum atomic E-state index is -0.139. The van der Waals surface area contributed by atoms with Gasteiger partial charge < -0.3 is 0 Å². The Hall–Kier alpha value is -0.473. The van der Waals surface area contributed by atoms with Gasteiger partial charge in [0.1, 0.15) is 11.1 Å². The molecule has 0 atom stereocenters. The predicted molar refractivity (Wildman–Crippen MR) is 32.3 cm³/mol. The highest BCUT2D eigenvalue weighted by Crippen LogP contribution is 1.68. The molecule has 4 heteroatoms. The van der Waals surface area contributed by atoms with Gasteiger partial charge >= 0.3 is 0 Å². The molecule has 0 rings (SSSR count). The molecule has 0 aromatic rings. The molecule has 0 spiro atoms. The first-order chi connectivity index (χ1) is 3.15. The number of rotatable bonds is 0. The monoisotopic (exact) mass is 118 g/mol. The highest BCUT2D eigenvalue weighted by Gasteiger charge is 1.71. The quantitative estimate of drug-likeness (QED) is 0.273. The zero-order valence-corrected chi connectivity index (χ0v) is 6.18. The summed E-state index contributed by atoms with van der Waals surface area (Å²) in [7, 11) is -0.139. The second-order valence-corrected chi connectivity index (χ2v) is 5.31. The second kappa shape index (κ2) is 9.11. The molecule has 0 aromatic heterocycles. The van der Waals surface area contributed by atoms with E-state index in [1.807, 2.05) is 4.91 Å². The fourth-order valence-corrected chi connectivity index (χ4v) is 0. The molecule has 0 bridgehead atoms. The summed E-state index contributed by atoms with van der Waals surface area (Å²) >= 11 is 0.